The first kappa shape index (κ1) is 31.8. The van der Waals surface area contributed by atoms with Gasteiger partial charge in [-0.3, -0.25) is 14.4 Å². The van der Waals surface area contributed by atoms with E-state index < -0.39 is 41.7 Å². The highest BCUT2D eigenvalue weighted by Crippen LogP contribution is 2.18. The molecule has 2 rings (SSSR count). The molecular formula is C29H39F2N3O5. The first-order valence-corrected chi connectivity index (χ1v) is 13.4. The number of amides is 3. The largest absolute Gasteiger partial charge is 0.390 e. The number of carbonyl (C=O) groups is 3. The zero-order chi connectivity index (χ0) is 29.1. The van der Waals surface area contributed by atoms with Crippen LogP contribution in [-0.4, -0.2) is 64.2 Å². The van der Waals surface area contributed by atoms with E-state index >= 15 is 0 Å². The van der Waals surface area contributed by atoms with E-state index in [1.165, 1.54) is 18.2 Å². The van der Waals surface area contributed by atoms with Crippen molar-refractivity contribution in [3.05, 3.63) is 70.3 Å². The molecule has 214 valence electrons. The molecule has 0 aliphatic heterocycles. The zero-order valence-corrected chi connectivity index (χ0v) is 22.8. The standard InChI is InChI=1S/C29H39F2N3O5/c1-4-7-8-25(35)26(36)24(13-18-11-22(30)17-23(31)12-18)33-28(38)20-14-19(27(32)37)15-21(16-20)29(39)34(9-5-2)10-6-3/h11-12,14-17,24-26,35-36H,4-10,13H2,1-3H3,(H2,32,37)(H,33,38)/t24-,25-,26+/m0/s1. The van der Waals surface area contributed by atoms with Crippen molar-refractivity contribution in [2.45, 2.75) is 77.5 Å². The maximum absolute atomic E-state index is 13.8. The molecule has 8 nitrogen and oxygen atoms in total. The van der Waals surface area contributed by atoms with Crippen LogP contribution in [0.25, 0.3) is 0 Å². The number of hydrogen-bond donors (Lipinski definition) is 4. The molecule has 2 aromatic rings. The number of benzene rings is 2. The van der Waals surface area contributed by atoms with Gasteiger partial charge >= 0.3 is 0 Å². The number of carbonyl (C=O) groups excluding carboxylic acids is 3. The summed E-state index contributed by atoms with van der Waals surface area (Å²) >= 11 is 0. The summed E-state index contributed by atoms with van der Waals surface area (Å²) in [5.74, 6) is -3.60. The molecule has 39 heavy (non-hydrogen) atoms. The van der Waals surface area contributed by atoms with Gasteiger partial charge < -0.3 is 26.2 Å². The fraction of sp³-hybridized carbons (Fsp3) is 0.483. The van der Waals surface area contributed by atoms with Crippen molar-refractivity contribution in [3.8, 4) is 0 Å². The van der Waals surface area contributed by atoms with Crippen LogP contribution in [-0.2, 0) is 6.42 Å². The third kappa shape index (κ3) is 9.40. The number of halogens is 2. The first-order chi connectivity index (χ1) is 18.5. The van der Waals surface area contributed by atoms with Crippen LogP contribution in [0.4, 0.5) is 8.78 Å². The van der Waals surface area contributed by atoms with Gasteiger partial charge in [0.1, 0.15) is 17.7 Å². The van der Waals surface area contributed by atoms with Crippen molar-refractivity contribution in [1.82, 2.24) is 10.2 Å². The quantitative estimate of drug-likeness (QED) is 0.271. The summed E-state index contributed by atoms with van der Waals surface area (Å²) in [5, 5.41) is 24.0. The average molecular weight is 548 g/mol. The van der Waals surface area contributed by atoms with Gasteiger partial charge in [0.05, 0.1) is 12.1 Å². The maximum Gasteiger partial charge on any atom is 0.253 e. The lowest BCUT2D eigenvalue weighted by molar-refractivity contribution is -0.00815. The van der Waals surface area contributed by atoms with Crippen LogP contribution >= 0.6 is 0 Å². The van der Waals surface area contributed by atoms with Crippen LogP contribution < -0.4 is 11.1 Å². The lowest BCUT2D eigenvalue weighted by Gasteiger charge is -2.28. The van der Waals surface area contributed by atoms with E-state index in [1.54, 1.807) is 4.90 Å². The predicted molar refractivity (Wildman–Crippen MR) is 144 cm³/mol. The second-order valence-corrected chi connectivity index (χ2v) is 9.72. The Morgan fingerprint density at radius 2 is 1.44 bits per heavy atom. The van der Waals surface area contributed by atoms with E-state index in [0.29, 0.717) is 25.6 Å². The minimum Gasteiger partial charge on any atom is -0.390 e. The fourth-order valence-electron chi connectivity index (χ4n) is 4.41. The van der Waals surface area contributed by atoms with Crippen LogP contribution in [0.5, 0.6) is 0 Å². The van der Waals surface area contributed by atoms with Gasteiger partial charge in [0, 0.05) is 35.8 Å². The summed E-state index contributed by atoms with van der Waals surface area (Å²) < 4.78 is 27.7. The minimum atomic E-state index is -1.46. The van der Waals surface area contributed by atoms with Crippen LogP contribution in [0.3, 0.4) is 0 Å². The van der Waals surface area contributed by atoms with Crippen LogP contribution in [0, 0.1) is 11.6 Å². The molecule has 5 N–H and O–H groups in total. The Hall–Kier alpha value is -3.37. The number of unbranched alkanes of at least 4 members (excludes halogenated alkanes) is 1. The highest BCUT2D eigenvalue weighted by atomic mass is 19.1. The number of primary amides is 1. The summed E-state index contributed by atoms with van der Waals surface area (Å²) in [6.45, 7) is 6.76. The molecule has 10 heteroatoms. The van der Waals surface area contributed by atoms with Gasteiger partial charge in [-0.15, -0.1) is 0 Å². The van der Waals surface area contributed by atoms with Crippen molar-refractivity contribution >= 4 is 17.7 Å². The van der Waals surface area contributed by atoms with Gasteiger partial charge in [0.15, 0.2) is 0 Å². The minimum absolute atomic E-state index is 0.0498. The number of hydrogen-bond acceptors (Lipinski definition) is 5. The Morgan fingerprint density at radius 1 is 0.872 bits per heavy atom. The normalized spacial score (nSPS) is 13.4. The molecule has 3 atom stereocenters. The van der Waals surface area contributed by atoms with Crippen LogP contribution in [0.1, 0.15) is 89.5 Å². The molecule has 0 bridgehead atoms. The van der Waals surface area contributed by atoms with Crippen LogP contribution in [0.15, 0.2) is 36.4 Å². The lowest BCUT2D eigenvalue weighted by atomic mass is 9.94. The highest BCUT2D eigenvalue weighted by Gasteiger charge is 2.29. The van der Waals surface area contributed by atoms with Gasteiger partial charge in [-0.1, -0.05) is 33.6 Å². The number of nitrogens with zero attached hydrogens (tertiary/aromatic N) is 1. The Balaban J connectivity index is 2.44. The first-order valence-electron chi connectivity index (χ1n) is 13.4. The average Bonchev–Trinajstić information content (AvgIpc) is 2.89. The lowest BCUT2D eigenvalue weighted by Crippen LogP contribution is -2.50. The van der Waals surface area contributed by atoms with E-state index in [4.69, 9.17) is 5.73 Å². The number of aliphatic hydroxyl groups is 2. The third-order valence-corrected chi connectivity index (χ3v) is 6.36. The Morgan fingerprint density at radius 3 is 1.97 bits per heavy atom. The number of nitrogens with two attached hydrogens (primary N) is 1. The Labute approximate surface area is 228 Å². The van der Waals surface area contributed by atoms with Gasteiger partial charge in [0.25, 0.3) is 11.8 Å². The molecule has 0 spiro atoms. The molecule has 0 radical (unpaired) electrons. The van der Waals surface area contributed by atoms with Crippen molar-refractivity contribution < 1.29 is 33.4 Å². The molecule has 0 saturated heterocycles. The third-order valence-electron chi connectivity index (χ3n) is 6.36. The van der Waals surface area contributed by atoms with Gasteiger partial charge in [-0.05, 0) is 61.6 Å². The van der Waals surface area contributed by atoms with E-state index in [-0.39, 0.29) is 41.0 Å². The highest BCUT2D eigenvalue weighted by molar-refractivity contribution is 6.04. The summed E-state index contributed by atoms with van der Waals surface area (Å²) in [7, 11) is 0. The van der Waals surface area contributed by atoms with Crippen molar-refractivity contribution in [3.63, 3.8) is 0 Å². The number of nitrogens with one attached hydrogen (secondary N) is 1. The van der Waals surface area contributed by atoms with E-state index in [9.17, 15) is 33.4 Å². The Kier molecular flexibility index (Phi) is 12.5. The molecule has 0 saturated carbocycles. The molecule has 2 aromatic carbocycles. The maximum atomic E-state index is 13.8. The molecule has 0 fully saturated rings. The molecule has 0 heterocycles. The Bertz CT molecular complexity index is 1120. The van der Waals surface area contributed by atoms with Crippen molar-refractivity contribution in [2.75, 3.05) is 13.1 Å². The van der Waals surface area contributed by atoms with Gasteiger partial charge in [-0.25, -0.2) is 8.78 Å². The fourth-order valence-corrected chi connectivity index (χ4v) is 4.41. The van der Waals surface area contributed by atoms with E-state index in [0.717, 1.165) is 31.4 Å². The smallest absolute Gasteiger partial charge is 0.253 e. The summed E-state index contributed by atoms with van der Waals surface area (Å²) in [4.78, 5) is 40.2. The molecule has 0 aromatic heterocycles. The van der Waals surface area contributed by atoms with E-state index in [1.807, 2.05) is 20.8 Å². The number of rotatable bonds is 15. The predicted octanol–water partition coefficient (Wildman–Crippen LogP) is 3.58. The topological polar surface area (TPSA) is 133 Å². The van der Waals surface area contributed by atoms with Crippen LogP contribution in [0.2, 0.25) is 0 Å². The molecule has 0 aliphatic carbocycles. The van der Waals surface area contributed by atoms with E-state index in [2.05, 4.69) is 5.32 Å². The zero-order valence-electron chi connectivity index (χ0n) is 22.8. The molecule has 0 aliphatic rings. The van der Waals surface area contributed by atoms with Crippen molar-refractivity contribution in [1.29, 1.82) is 0 Å². The number of aliphatic hydroxyl groups excluding tert-OH is 2. The summed E-state index contributed by atoms with van der Waals surface area (Å²) in [5.41, 5.74) is 5.63. The SMILES string of the molecule is CCCC[C@H](O)[C@H](O)[C@H](Cc1cc(F)cc(F)c1)NC(=O)c1cc(C(N)=O)cc(C(=O)N(CCC)CCC)c1. The monoisotopic (exact) mass is 547 g/mol. The second kappa shape index (κ2) is 15.3. The molecular weight excluding hydrogens is 508 g/mol. The summed E-state index contributed by atoms with van der Waals surface area (Å²) in [6, 6.07) is 5.62. The summed E-state index contributed by atoms with van der Waals surface area (Å²) in [6.07, 6.45) is 0.209. The molecule has 3 amide bonds. The second-order valence-electron chi connectivity index (χ2n) is 9.72. The van der Waals surface area contributed by atoms with Gasteiger partial charge in [-0.2, -0.15) is 0 Å². The van der Waals surface area contributed by atoms with Gasteiger partial charge in [0.2, 0.25) is 5.91 Å². The molecule has 0 unspecified atom stereocenters. The van der Waals surface area contributed by atoms with Crippen molar-refractivity contribution in [2.24, 2.45) is 5.73 Å².